The Morgan fingerprint density at radius 1 is 1.17 bits per heavy atom. The van der Waals surface area contributed by atoms with Gasteiger partial charge in [-0.1, -0.05) is 0 Å². The normalized spacial score (nSPS) is 52.0. The maximum atomic E-state index is 4.92. The molecule has 0 aromatic rings. The fourth-order valence-corrected chi connectivity index (χ4v) is 0.583. The van der Waals surface area contributed by atoms with Crippen molar-refractivity contribution in [2.45, 2.75) is 12.7 Å². The number of hydrogen-bond acceptors (Lipinski definition) is 4. The number of fused-ring (bicyclic) bond motifs is 1. The Kier molecular flexibility index (Phi) is 0.359. The van der Waals surface area contributed by atoms with Crippen molar-refractivity contribution in [1.29, 1.82) is 0 Å². The standard InChI is InChI=1S/C2H5N3O/c3-1-4-5-2(3)6-1/h1-5H. The van der Waals surface area contributed by atoms with Crippen molar-refractivity contribution < 1.29 is 4.74 Å². The molecule has 34 valence electrons. The Morgan fingerprint density at radius 2 is 1.67 bits per heavy atom. The molecule has 2 bridgehead atoms. The Morgan fingerprint density at radius 3 is 1.83 bits per heavy atom. The van der Waals surface area contributed by atoms with E-state index in [9.17, 15) is 0 Å². The van der Waals surface area contributed by atoms with Crippen LogP contribution < -0.4 is 16.2 Å². The van der Waals surface area contributed by atoms with Crippen LogP contribution >= 0.6 is 0 Å². The highest BCUT2D eigenvalue weighted by Crippen LogP contribution is 2.04. The molecule has 0 radical (unpaired) electrons. The largest absolute Gasteiger partial charge is 0.316 e. The second-order valence-electron chi connectivity index (χ2n) is 1.35. The fourth-order valence-electron chi connectivity index (χ4n) is 0.583. The van der Waals surface area contributed by atoms with Crippen LogP contribution in [0.5, 0.6) is 0 Å². The third kappa shape index (κ3) is 0.188. The lowest BCUT2D eigenvalue weighted by Crippen LogP contribution is -2.50. The van der Waals surface area contributed by atoms with Crippen LogP contribution in [0.3, 0.4) is 0 Å². The molecular formula is C2H5N3O. The molecule has 3 saturated heterocycles. The van der Waals surface area contributed by atoms with Crippen LogP contribution in [0.2, 0.25) is 0 Å². The van der Waals surface area contributed by atoms with Gasteiger partial charge in [-0.25, -0.2) is 16.2 Å². The third-order valence-corrected chi connectivity index (χ3v) is 0.920. The van der Waals surface area contributed by atoms with Gasteiger partial charge in [0.05, 0.1) is 0 Å². The van der Waals surface area contributed by atoms with E-state index >= 15 is 0 Å². The lowest BCUT2D eigenvalue weighted by Gasteiger charge is -2.21. The van der Waals surface area contributed by atoms with E-state index in [1.165, 1.54) is 0 Å². The highest BCUT2D eigenvalue weighted by Gasteiger charge is 2.35. The summed E-state index contributed by atoms with van der Waals surface area (Å²) in [5.74, 6) is 0. The van der Waals surface area contributed by atoms with E-state index in [2.05, 4.69) is 16.2 Å². The fraction of sp³-hybridized carbons (Fsp3) is 1.00. The minimum atomic E-state index is 0.0787. The Bertz CT molecular complexity index is 55.7. The van der Waals surface area contributed by atoms with Crippen LogP contribution in [0, 0.1) is 0 Å². The van der Waals surface area contributed by atoms with Gasteiger partial charge in [-0.05, 0) is 0 Å². The zero-order chi connectivity index (χ0) is 3.98. The summed E-state index contributed by atoms with van der Waals surface area (Å²) in [6.07, 6.45) is 0.157. The van der Waals surface area contributed by atoms with Gasteiger partial charge in [0.2, 0.25) is 0 Å². The highest BCUT2D eigenvalue weighted by molar-refractivity contribution is 4.72. The zero-order valence-electron chi connectivity index (χ0n) is 3.06. The topological polar surface area (TPSA) is 45.3 Å². The molecule has 6 heavy (non-hydrogen) atoms. The molecule has 4 nitrogen and oxygen atoms in total. The van der Waals surface area contributed by atoms with Crippen LogP contribution in [-0.2, 0) is 4.74 Å². The van der Waals surface area contributed by atoms with Gasteiger partial charge >= 0.3 is 0 Å². The first-order valence-corrected chi connectivity index (χ1v) is 1.88. The first-order chi connectivity index (χ1) is 2.95. The Balaban J connectivity index is 2.16. The van der Waals surface area contributed by atoms with Crippen LogP contribution in [0.4, 0.5) is 0 Å². The van der Waals surface area contributed by atoms with E-state index in [0.717, 1.165) is 0 Å². The molecule has 0 aromatic carbocycles. The number of ether oxygens (including phenoxy) is 1. The molecule has 0 spiro atoms. The lowest BCUT2D eigenvalue weighted by molar-refractivity contribution is -0.113. The van der Waals surface area contributed by atoms with E-state index in [1.807, 2.05) is 0 Å². The summed E-state index contributed by atoms with van der Waals surface area (Å²) >= 11 is 0. The van der Waals surface area contributed by atoms with E-state index < -0.39 is 0 Å². The van der Waals surface area contributed by atoms with Gasteiger partial charge in [-0.15, -0.1) is 0 Å². The van der Waals surface area contributed by atoms with Crippen molar-refractivity contribution in [3.05, 3.63) is 0 Å². The van der Waals surface area contributed by atoms with Gasteiger partial charge in [0.1, 0.15) is 0 Å². The van der Waals surface area contributed by atoms with Crippen molar-refractivity contribution in [3.63, 3.8) is 0 Å². The highest BCUT2D eigenvalue weighted by atomic mass is 16.6. The van der Waals surface area contributed by atoms with Crippen LogP contribution in [-0.4, -0.2) is 12.7 Å². The minimum absolute atomic E-state index is 0.0787. The molecule has 0 saturated carbocycles. The monoisotopic (exact) mass is 87.0 g/mol. The van der Waals surface area contributed by atoms with Gasteiger partial charge < -0.3 is 4.74 Å². The van der Waals surface area contributed by atoms with Crippen molar-refractivity contribution >= 4 is 0 Å². The molecule has 4 heteroatoms. The molecular weight excluding hydrogens is 82.0 g/mol. The Labute approximate surface area is 34.8 Å². The lowest BCUT2D eigenvalue weighted by atomic mass is 10.8. The summed E-state index contributed by atoms with van der Waals surface area (Å²) in [6.45, 7) is 0. The first kappa shape index (κ1) is 2.92. The molecule has 2 atom stereocenters. The average Bonchev–Trinajstić information content (AvgIpc) is 1.72. The van der Waals surface area contributed by atoms with Gasteiger partial charge in [0, 0.05) is 0 Å². The maximum absolute atomic E-state index is 4.92. The molecule has 3 aliphatic heterocycles. The van der Waals surface area contributed by atoms with Crippen LogP contribution in [0.15, 0.2) is 0 Å². The average molecular weight is 87.1 g/mol. The van der Waals surface area contributed by atoms with E-state index in [-0.39, 0.29) is 12.7 Å². The first-order valence-electron chi connectivity index (χ1n) is 1.88. The molecule has 3 fully saturated rings. The summed E-state index contributed by atoms with van der Waals surface area (Å²) < 4.78 is 4.92. The van der Waals surface area contributed by atoms with Crippen molar-refractivity contribution in [2.75, 3.05) is 0 Å². The molecule has 0 aromatic heterocycles. The predicted octanol–water partition coefficient (Wildman–Crippen LogP) is -1.72. The molecule has 2 unspecified atom stereocenters. The maximum Gasteiger partial charge on any atom is 0.182 e. The number of nitrogens with one attached hydrogen (secondary N) is 3. The summed E-state index contributed by atoms with van der Waals surface area (Å²) in [5, 5.41) is 2.97. The van der Waals surface area contributed by atoms with Gasteiger partial charge in [-0.2, -0.15) is 0 Å². The van der Waals surface area contributed by atoms with E-state index in [1.54, 1.807) is 0 Å². The minimum Gasteiger partial charge on any atom is -0.316 e. The van der Waals surface area contributed by atoms with E-state index in [4.69, 9.17) is 4.74 Å². The second-order valence-corrected chi connectivity index (χ2v) is 1.35. The molecule has 0 amide bonds. The Hall–Kier alpha value is -0.160. The van der Waals surface area contributed by atoms with Crippen LogP contribution in [0.25, 0.3) is 0 Å². The van der Waals surface area contributed by atoms with Crippen molar-refractivity contribution in [3.8, 4) is 0 Å². The zero-order valence-corrected chi connectivity index (χ0v) is 3.06. The third-order valence-electron chi connectivity index (χ3n) is 0.920. The molecule has 3 N–H and O–H groups in total. The predicted molar refractivity (Wildman–Crippen MR) is 18.1 cm³/mol. The summed E-state index contributed by atoms with van der Waals surface area (Å²) in [6, 6.07) is 0. The molecule has 3 rings (SSSR count). The van der Waals surface area contributed by atoms with Gasteiger partial charge in [0.15, 0.2) is 12.7 Å². The van der Waals surface area contributed by atoms with Crippen molar-refractivity contribution in [1.82, 2.24) is 16.2 Å². The SMILES string of the molecule is N1NC2NC1O2. The summed E-state index contributed by atoms with van der Waals surface area (Å²) in [7, 11) is 0. The number of hydrazine groups is 1. The summed E-state index contributed by atoms with van der Waals surface area (Å²) in [4.78, 5) is 0. The molecule has 3 heterocycles. The van der Waals surface area contributed by atoms with Gasteiger partial charge in [-0.3, -0.25) is 0 Å². The van der Waals surface area contributed by atoms with Crippen LogP contribution in [0.1, 0.15) is 0 Å². The van der Waals surface area contributed by atoms with Crippen molar-refractivity contribution in [2.24, 2.45) is 0 Å². The summed E-state index contributed by atoms with van der Waals surface area (Å²) in [5.41, 5.74) is 5.62. The number of hydrogen-bond donors (Lipinski definition) is 3. The quantitative estimate of drug-likeness (QED) is 0.329. The van der Waals surface area contributed by atoms with Gasteiger partial charge in [0.25, 0.3) is 0 Å². The van der Waals surface area contributed by atoms with E-state index in [0.29, 0.717) is 0 Å². The smallest absolute Gasteiger partial charge is 0.182 e. The molecule has 0 aliphatic carbocycles. The molecule has 3 aliphatic rings. The second kappa shape index (κ2) is 0.737. The number of rotatable bonds is 0.